The molecule has 2 amide bonds. The molecule has 5 heteroatoms. The van der Waals surface area contributed by atoms with Gasteiger partial charge in [0.1, 0.15) is 6.04 Å². The van der Waals surface area contributed by atoms with Gasteiger partial charge in [-0.1, -0.05) is 26.2 Å². The summed E-state index contributed by atoms with van der Waals surface area (Å²) in [5.41, 5.74) is 0. The second-order valence-corrected chi connectivity index (χ2v) is 3.83. The van der Waals surface area contributed by atoms with Crippen molar-refractivity contribution in [3.63, 3.8) is 0 Å². The molecule has 2 N–H and O–H groups in total. The van der Waals surface area contributed by atoms with Gasteiger partial charge < -0.3 is 15.3 Å². The first kappa shape index (κ1) is 15.3. The largest absolute Gasteiger partial charge is 0.480 e. The van der Waals surface area contributed by atoms with Crippen molar-refractivity contribution in [2.45, 2.75) is 45.2 Å². The molecular formula is C12H20N2O3. The van der Waals surface area contributed by atoms with E-state index in [0.29, 0.717) is 12.8 Å². The van der Waals surface area contributed by atoms with Crippen LogP contribution in [0.3, 0.4) is 0 Å². The highest BCUT2D eigenvalue weighted by molar-refractivity contribution is 5.82. The third-order valence-electron chi connectivity index (χ3n) is 2.54. The van der Waals surface area contributed by atoms with E-state index in [1.165, 1.54) is 11.9 Å². The Kier molecular flexibility index (Phi) is 6.80. The summed E-state index contributed by atoms with van der Waals surface area (Å²) < 4.78 is 0. The molecule has 96 valence electrons. The molecule has 0 saturated carbocycles. The van der Waals surface area contributed by atoms with Crippen molar-refractivity contribution in [3.05, 3.63) is 0 Å². The van der Waals surface area contributed by atoms with Gasteiger partial charge in [-0.05, 0) is 12.8 Å². The van der Waals surface area contributed by atoms with E-state index in [1.807, 2.05) is 6.92 Å². The van der Waals surface area contributed by atoms with E-state index in [-0.39, 0.29) is 6.04 Å². The Hall–Kier alpha value is -1.70. The van der Waals surface area contributed by atoms with Crippen LogP contribution in [0.2, 0.25) is 0 Å². The second kappa shape index (κ2) is 7.55. The number of urea groups is 1. The minimum atomic E-state index is -1.02. The summed E-state index contributed by atoms with van der Waals surface area (Å²) in [4.78, 5) is 23.8. The Morgan fingerprint density at radius 3 is 2.41 bits per heavy atom. The maximum atomic E-state index is 11.7. The molecule has 0 rings (SSSR count). The molecule has 0 radical (unpaired) electrons. The maximum absolute atomic E-state index is 11.7. The predicted molar refractivity (Wildman–Crippen MR) is 65.5 cm³/mol. The summed E-state index contributed by atoms with van der Waals surface area (Å²) in [6.45, 7) is 3.68. The van der Waals surface area contributed by atoms with Crippen LogP contribution < -0.4 is 5.32 Å². The summed E-state index contributed by atoms with van der Waals surface area (Å²) >= 11 is 0. The van der Waals surface area contributed by atoms with E-state index < -0.39 is 18.0 Å². The number of terminal acetylenes is 1. The number of likely N-dealkylation sites (N-methyl/N-ethyl adjacent to an activating group) is 1. The van der Waals surface area contributed by atoms with Crippen LogP contribution >= 0.6 is 0 Å². The molecule has 0 spiro atoms. The molecule has 0 heterocycles. The lowest BCUT2D eigenvalue weighted by Crippen LogP contribution is -2.49. The van der Waals surface area contributed by atoms with Gasteiger partial charge in [0.05, 0.1) is 6.04 Å². The fourth-order valence-corrected chi connectivity index (χ4v) is 1.49. The van der Waals surface area contributed by atoms with Gasteiger partial charge in [0, 0.05) is 7.05 Å². The van der Waals surface area contributed by atoms with Crippen molar-refractivity contribution in [1.82, 2.24) is 10.2 Å². The zero-order chi connectivity index (χ0) is 13.4. The minimum absolute atomic E-state index is 0.346. The number of amides is 2. The quantitative estimate of drug-likeness (QED) is 0.687. The SMILES string of the molecule is C#CC(CCC)NC(=O)N(C)C(CC)C(=O)O. The van der Waals surface area contributed by atoms with Crippen LogP contribution in [0.1, 0.15) is 33.1 Å². The molecule has 0 fully saturated rings. The van der Waals surface area contributed by atoms with E-state index >= 15 is 0 Å². The van der Waals surface area contributed by atoms with Crippen molar-refractivity contribution < 1.29 is 14.7 Å². The Morgan fingerprint density at radius 2 is 2.06 bits per heavy atom. The van der Waals surface area contributed by atoms with Crippen molar-refractivity contribution in [1.29, 1.82) is 0 Å². The molecule has 0 aliphatic rings. The monoisotopic (exact) mass is 240 g/mol. The number of hydrogen-bond donors (Lipinski definition) is 2. The van der Waals surface area contributed by atoms with Gasteiger partial charge >= 0.3 is 12.0 Å². The molecule has 0 aliphatic carbocycles. The molecule has 0 aromatic carbocycles. The summed E-state index contributed by atoms with van der Waals surface area (Å²) in [7, 11) is 1.46. The first-order valence-corrected chi connectivity index (χ1v) is 5.70. The first-order valence-electron chi connectivity index (χ1n) is 5.70. The average Bonchev–Trinajstić information content (AvgIpc) is 2.28. The van der Waals surface area contributed by atoms with E-state index in [0.717, 1.165) is 6.42 Å². The molecule has 2 unspecified atom stereocenters. The van der Waals surface area contributed by atoms with E-state index in [9.17, 15) is 9.59 Å². The third-order valence-corrected chi connectivity index (χ3v) is 2.54. The lowest BCUT2D eigenvalue weighted by molar-refractivity contribution is -0.141. The molecule has 0 bridgehead atoms. The average molecular weight is 240 g/mol. The Labute approximate surface area is 102 Å². The topological polar surface area (TPSA) is 69.6 Å². The van der Waals surface area contributed by atoms with E-state index in [1.54, 1.807) is 6.92 Å². The molecule has 5 nitrogen and oxygen atoms in total. The van der Waals surface area contributed by atoms with E-state index in [4.69, 9.17) is 11.5 Å². The number of nitrogens with one attached hydrogen (secondary N) is 1. The maximum Gasteiger partial charge on any atom is 0.326 e. The minimum Gasteiger partial charge on any atom is -0.480 e. The smallest absolute Gasteiger partial charge is 0.326 e. The zero-order valence-corrected chi connectivity index (χ0v) is 10.6. The highest BCUT2D eigenvalue weighted by Crippen LogP contribution is 2.04. The summed E-state index contributed by atoms with van der Waals surface area (Å²) in [5, 5.41) is 11.5. The summed E-state index contributed by atoms with van der Waals surface area (Å²) in [6, 6.07) is -1.62. The van der Waals surface area contributed by atoms with Crippen LogP contribution in [0.5, 0.6) is 0 Å². The third kappa shape index (κ3) is 4.77. The lowest BCUT2D eigenvalue weighted by atomic mass is 10.2. The molecule has 0 aromatic rings. The fraction of sp³-hybridized carbons (Fsp3) is 0.667. The summed E-state index contributed by atoms with van der Waals surface area (Å²) in [5.74, 6) is 1.45. The van der Waals surface area contributed by atoms with Gasteiger partial charge in [0.25, 0.3) is 0 Å². The van der Waals surface area contributed by atoms with Crippen molar-refractivity contribution in [3.8, 4) is 12.3 Å². The van der Waals surface area contributed by atoms with Gasteiger partial charge in [-0.15, -0.1) is 6.42 Å². The zero-order valence-electron chi connectivity index (χ0n) is 10.6. The highest BCUT2D eigenvalue weighted by Gasteiger charge is 2.25. The van der Waals surface area contributed by atoms with Gasteiger partial charge in [0.2, 0.25) is 0 Å². The Bertz CT molecular complexity index is 309. The van der Waals surface area contributed by atoms with Gasteiger partial charge in [-0.3, -0.25) is 0 Å². The number of nitrogens with zero attached hydrogens (tertiary/aromatic N) is 1. The molecular weight excluding hydrogens is 220 g/mol. The number of aliphatic carboxylic acids is 1. The van der Waals surface area contributed by atoms with Gasteiger partial charge in [-0.25, -0.2) is 9.59 Å². The van der Waals surface area contributed by atoms with Crippen LogP contribution in [-0.2, 0) is 4.79 Å². The molecule has 0 aromatic heterocycles. The normalized spacial score (nSPS) is 13.3. The number of carboxylic acids is 1. The molecule has 17 heavy (non-hydrogen) atoms. The van der Waals surface area contributed by atoms with Crippen molar-refractivity contribution >= 4 is 12.0 Å². The molecule has 0 saturated heterocycles. The Balaban J connectivity index is 4.49. The van der Waals surface area contributed by atoms with Crippen LogP contribution in [-0.4, -0.2) is 41.1 Å². The number of carboxylic acid groups (broad SMARTS) is 1. The van der Waals surface area contributed by atoms with Crippen molar-refractivity contribution in [2.75, 3.05) is 7.05 Å². The van der Waals surface area contributed by atoms with Crippen LogP contribution in [0.25, 0.3) is 0 Å². The summed E-state index contributed by atoms with van der Waals surface area (Å²) in [6.07, 6.45) is 7.17. The standard InChI is InChI=1S/C12H20N2O3/c1-5-8-9(6-2)13-12(17)14(4)10(7-3)11(15)16/h2,9-10H,5,7-8H2,1,3-4H3,(H,13,17)(H,15,16). The lowest BCUT2D eigenvalue weighted by Gasteiger charge is -2.25. The molecule has 0 aliphatic heterocycles. The number of carbonyl (C=O) groups is 2. The van der Waals surface area contributed by atoms with Crippen LogP contribution in [0.4, 0.5) is 4.79 Å². The predicted octanol–water partition coefficient (Wildman–Crippen LogP) is 1.29. The van der Waals surface area contributed by atoms with E-state index in [2.05, 4.69) is 11.2 Å². The van der Waals surface area contributed by atoms with Crippen LogP contribution in [0, 0.1) is 12.3 Å². The Morgan fingerprint density at radius 1 is 1.47 bits per heavy atom. The van der Waals surface area contributed by atoms with Crippen molar-refractivity contribution in [2.24, 2.45) is 0 Å². The number of rotatable bonds is 6. The first-order chi connectivity index (χ1) is 7.97. The van der Waals surface area contributed by atoms with Gasteiger partial charge in [-0.2, -0.15) is 0 Å². The number of hydrogen-bond acceptors (Lipinski definition) is 2. The molecule has 2 atom stereocenters. The fourth-order valence-electron chi connectivity index (χ4n) is 1.49. The van der Waals surface area contributed by atoms with Gasteiger partial charge in [0.15, 0.2) is 0 Å². The van der Waals surface area contributed by atoms with Crippen LogP contribution in [0.15, 0.2) is 0 Å². The second-order valence-electron chi connectivity index (χ2n) is 3.83. The highest BCUT2D eigenvalue weighted by atomic mass is 16.4. The number of carbonyl (C=O) groups excluding carboxylic acids is 1.